The van der Waals surface area contributed by atoms with Crippen molar-refractivity contribution >= 4 is 16.6 Å². The van der Waals surface area contributed by atoms with Gasteiger partial charge in [-0.1, -0.05) is 0 Å². The zero-order chi connectivity index (χ0) is 4.41. The third-order valence-corrected chi connectivity index (χ3v) is 1.74. The van der Waals surface area contributed by atoms with E-state index in [-0.39, 0.29) is 11.1 Å². The van der Waals surface area contributed by atoms with Crippen LogP contribution in [0.5, 0.6) is 0 Å². The van der Waals surface area contributed by atoms with Gasteiger partial charge in [0.25, 0.3) is 0 Å². The van der Waals surface area contributed by atoms with Gasteiger partial charge in [-0.25, -0.2) is 4.99 Å². The highest BCUT2D eigenvalue weighted by atomic mass is 32.2. The molecule has 0 saturated heterocycles. The quantitative estimate of drug-likeness (QED) is 0.413. The van der Waals surface area contributed by atoms with Crippen molar-refractivity contribution in [1.82, 2.24) is 0 Å². The van der Waals surface area contributed by atoms with Crippen LogP contribution in [0.2, 0.25) is 0 Å². The van der Waals surface area contributed by atoms with E-state index in [9.17, 15) is 0 Å². The topological polar surface area (TPSA) is 38.4 Å². The molecule has 0 spiro atoms. The molecule has 0 aromatic carbocycles. The second-order valence-electron chi connectivity index (χ2n) is 1.19. The number of nitrogens with two attached hydrogens (primary N) is 1. The van der Waals surface area contributed by atoms with Gasteiger partial charge in [0.05, 0.1) is 6.54 Å². The second-order valence-corrected chi connectivity index (χ2v) is 2.74. The molecule has 2 nitrogen and oxygen atoms in total. The molecule has 6 heavy (non-hydrogen) atoms. The molecule has 0 bridgehead atoms. The number of hydrogen-bond acceptors (Lipinski definition) is 2. The van der Waals surface area contributed by atoms with Crippen LogP contribution >= 0.6 is 0 Å². The Kier molecular flexibility index (Phi) is 1.12. The van der Waals surface area contributed by atoms with Gasteiger partial charge in [-0.3, -0.25) is 0 Å². The van der Waals surface area contributed by atoms with Crippen LogP contribution in [-0.2, 0) is 11.1 Å². The van der Waals surface area contributed by atoms with E-state index >= 15 is 0 Å². The molecular weight excluding hydrogens is 96.1 g/mol. The van der Waals surface area contributed by atoms with Crippen molar-refractivity contribution in [2.24, 2.45) is 10.1 Å². The molecule has 1 aliphatic heterocycles. The van der Waals surface area contributed by atoms with Gasteiger partial charge in [-0.2, -0.15) is 0 Å². The molecule has 1 rings (SSSR count). The monoisotopic (exact) mass is 103 g/mol. The summed E-state index contributed by atoms with van der Waals surface area (Å²) in [6, 6.07) is 0. The molecule has 3 heteroatoms. The van der Waals surface area contributed by atoms with Gasteiger partial charge in [0.1, 0.15) is 11.1 Å². The molecule has 0 aromatic rings. The van der Waals surface area contributed by atoms with Crippen molar-refractivity contribution in [1.29, 1.82) is 0 Å². The van der Waals surface area contributed by atoms with E-state index < -0.39 is 0 Å². The molecule has 0 amide bonds. The van der Waals surface area contributed by atoms with Gasteiger partial charge in [0.2, 0.25) is 5.55 Å². The normalized spacial score (nSPS) is 31.8. The first-order valence-electron chi connectivity index (χ1n) is 1.83. The number of rotatable bonds is 0. The lowest BCUT2D eigenvalue weighted by Gasteiger charge is -1.75. The molecule has 34 valence electrons. The van der Waals surface area contributed by atoms with Crippen LogP contribution in [0.15, 0.2) is 4.99 Å². The minimum atomic E-state index is 0.0355. The Morgan fingerprint density at radius 3 is 2.83 bits per heavy atom. The van der Waals surface area contributed by atoms with Crippen LogP contribution in [0.1, 0.15) is 0 Å². The maximum atomic E-state index is 5.41. The van der Waals surface area contributed by atoms with Crippen molar-refractivity contribution in [3.8, 4) is 0 Å². The fourth-order valence-electron chi connectivity index (χ4n) is 0.359. The number of hydrogen-bond donors (Lipinski definition) is 1. The van der Waals surface area contributed by atoms with Crippen molar-refractivity contribution in [3.05, 3.63) is 0 Å². The third-order valence-electron chi connectivity index (χ3n) is 0.666. The van der Waals surface area contributed by atoms with Crippen LogP contribution in [0.25, 0.3) is 0 Å². The Morgan fingerprint density at radius 1 is 1.83 bits per heavy atom. The lowest BCUT2D eigenvalue weighted by molar-refractivity contribution is 1.18. The number of nitrogens with zero attached hydrogens (tertiary/aromatic N) is 1. The van der Waals surface area contributed by atoms with Crippen LogP contribution in [0.4, 0.5) is 0 Å². The summed E-state index contributed by atoms with van der Waals surface area (Å²) in [6.45, 7) is 0.944. The maximum Gasteiger partial charge on any atom is 0.226 e. The SMILES string of the molecule is N[S+]1C=NCC1. The summed E-state index contributed by atoms with van der Waals surface area (Å²) in [6.07, 6.45) is 0. The highest BCUT2D eigenvalue weighted by Gasteiger charge is 2.12. The van der Waals surface area contributed by atoms with Crippen LogP contribution < -0.4 is 5.14 Å². The lowest BCUT2D eigenvalue weighted by Crippen LogP contribution is -2.14. The Labute approximate surface area is 39.9 Å². The molecule has 2 N–H and O–H groups in total. The van der Waals surface area contributed by atoms with E-state index in [0.29, 0.717) is 0 Å². The molecule has 0 aromatic heterocycles. The molecule has 1 unspecified atom stereocenters. The summed E-state index contributed by atoms with van der Waals surface area (Å²) in [7, 11) is 0. The van der Waals surface area contributed by atoms with Gasteiger partial charge < -0.3 is 0 Å². The summed E-state index contributed by atoms with van der Waals surface area (Å²) >= 11 is 0.0355. The van der Waals surface area contributed by atoms with Crippen molar-refractivity contribution in [3.63, 3.8) is 0 Å². The molecule has 0 aliphatic carbocycles. The van der Waals surface area contributed by atoms with Gasteiger partial charge >= 0.3 is 0 Å². The van der Waals surface area contributed by atoms with Crippen LogP contribution in [0, 0.1) is 0 Å². The maximum absolute atomic E-state index is 5.41. The fourth-order valence-corrected chi connectivity index (χ4v) is 1.08. The first-order chi connectivity index (χ1) is 2.89. The van der Waals surface area contributed by atoms with Crippen molar-refractivity contribution in [2.45, 2.75) is 0 Å². The summed E-state index contributed by atoms with van der Waals surface area (Å²) in [5.41, 5.74) is 1.83. The van der Waals surface area contributed by atoms with Gasteiger partial charge in [0.15, 0.2) is 5.75 Å². The number of aliphatic imine (C=N–C) groups is 1. The molecule has 0 radical (unpaired) electrons. The zero-order valence-corrected chi connectivity index (χ0v) is 4.24. The highest BCUT2D eigenvalue weighted by molar-refractivity contribution is 8.07. The Balaban J connectivity index is 2.38. The summed E-state index contributed by atoms with van der Waals surface area (Å²) < 4.78 is 0. The Morgan fingerprint density at radius 2 is 2.67 bits per heavy atom. The smallest absolute Gasteiger partial charge is 0.226 e. The predicted octanol–water partition coefficient (Wildman–Crippen LogP) is -0.480. The second kappa shape index (κ2) is 1.62. The largest absolute Gasteiger partial charge is 0.240 e. The van der Waals surface area contributed by atoms with Crippen molar-refractivity contribution in [2.75, 3.05) is 12.3 Å². The van der Waals surface area contributed by atoms with Gasteiger partial charge in [-0.15, -0.1) is 5.14 Å². The van der Waals surface area contributed by atoms with Gasteiger partial charge in [-0.05, 0) is 0 Å². The van der Waals surface area contributed by atoms with Gasteiger partial charge in [0, 0.05) is 0 Å². The first kappa shape index (κ1) is 4.15. The van der Waals surface area contributed by atoms with E-state index in [1.54, 1.807) is 0 Å². The summed E-state index contributed by atoms with van der Waals surface area (Å²) in [4.78, 5) is 3.93. The summed E-state index contributed by atoms with van der Waals surface area (Å²) in [5, 5.41) is 5.41. The Bertz CT molecular complexity index is 71.2. The summed E-state index contributed by atoms with van der Waals surface area (Å²) in [5.74, 6) is 1.07. The minimum Gasteiger partial charge on any atom is -0.240 e. The lowest BCUT2D eigenvalue weighted by atomic mass is 10.8. The average molecular weight is 103 g/mol. The predicted molar refractivity (Wildman–Crippen MR) is 29.8 cm³/mol. The van der Waals surface area contributed by atoms with E-state index in [4.69, 9.17) is 5.14 Å². The Hall–Kier alpha value is -0.0200. The average Bonchev–Trinajstić information content (AvgIpc) is 1.86. The van der Waals surface area contributed by atoms with E-state index in [0.717, 1.165) is 12.3 Å². The molecule has 0 fully saturated rings. The zero-order valence-electron chi connectivity index (χ0n) is 3.42. The van der Waals surface area contributed by atoms with Crippen LogP contribution in [0.3, 0.4) is 0 Å². The molecule has 0 saturated carbocycles. The van der Waals surface area contributed by atoms with Crippen molar-refractivity contribution < 1.29 is 0 Å². The van der Waals surface area contributed by atoms with E-state index in [1.165, 1.54) is 0 Å². The molecule has 1 aliphatic rings. The van der Waals surface area contributed by atoms with E-state index in [1.807, 2.05) is 5.55 Å². The third kappa shape index (κ3) is 0.725. The molecular formula is C3H7N2S+. The molecule has 1 heterocycles. The fraction of sp³-hybridized carbons (Fsp3) is 0.667. The molecule has 1 atom stereocenters. The highest BCUT2D eigenvalue weighted by Crippen LogP contribution is 1.89. The first-order valence-corrected chi connectivity index (χ1v) is 3.35. The van der Waals surface area contributed by atoms with Crippen LogP contribution in [-0.4, -0.2) is 17.8 Å². The van der Waals surface area contributed by atoms with E-state index in [2.05, 4.69) is 4.99 Å². The standard InChI is InChI=1S/C3H7N2S/c4-6-2-1-5-3-6/h3H,1-2,4H2/q+1. The minimum absolute atomic E-state index is 0.0355.